The number of likely N-dealkylation sites (tertiary alicyclic amines) is 2. The van der Waals surface area contributed by atoms with Crippen LogP contribution in [0.2, 0.25) is 0 Å². The number of nitrogens with zero attached hydrogens (tertiary/aromatic N) is 4. The molecule has 0 unspecified atom stereocenters. The molecule has 2 aromatic heterocycles. The molecule has 5 amide bonds. The van der Waals surface area contributed by atoms with E-state index >= 15 is 0 Å². The maximum atomic E-state index is 13.6. The Morgan fingerprint density at radius 1 is 0.630 bits per heavy atom. The third kappa shape index (κ3) is 21.6. The number of nitrogens with one attached hydrogen (secondary N) is 3. The molecule has 10 N–H and O–H groups in total. The molecule has 23 nitrogen and oxygen atoms in total. The van der Waals surface area contributed by atoms with E-state index in [0.717, 1.165) is 43.4 Å². The fourth-order valence-electron chi connectivity index (χ4n) is 8.47. The number of hydrogen-bond acceptors (Lipinski definition) is 17. The topological polar surface area (TPSA) is 351 Å². The van der Waals surface area contributed by atoms with Crippen LogP contribution < -0.4 is 21.7 Å². The molecule has 2 saturated heterocycles. The summed E-state index contributed by atoms with van der Waals surface area (Å²) in [6.45, 7) is 15.3. The number of aliphatic hydroxyl groups is 2. The number of aryl methyl sites for hydroxylation is 2. The number of nitrogens with two attached hydrogens (primary N) is 1. The fraction of sp³-hybridized carbons (Fsp3) is 0.536. The highest BCUT2D eigenvalue weighted by Gasteiger charge is 2.45. The number of carboxylic acids is 3. The summed E-state index contributed by atoms with van der Waals surface area (Å²) in [5.74, 6) is -4.84. The van der Waals surface area contributed by atoms with Crippen LogP contribution in [0.5, 0.6) is 0 Å². The van der Waals surface area contributed by atoms with Crippen molar-refractivity contribution in [1.82, 2.24) is 35.7 Å². The summed E-state index contributed by atoms with van der Waals surface area (Å²) in [6.07, 6.45) is -0.709. The Bertz CT molecular complexity index is 2720. The molecule has 0 bridgehead atoms. The predicted molar refractivity (Wildman–Crippen MR) is 302 cm³/mol. The molecule has 6 atom stereocenters. The molecule has 2 fully saturated rings. The quantitative estimate of drug-likeness (QED) is 0.0471. The van der Waals surface area contributed by atoms with Crippen LogP contribution in [-0.4, -0.2) is 169 Å². The van der Waals surface area contributed by atoms with Gasteiger partial charge in [0.05, 0.1) is 50.4 Å². The van der Waals surface area contributed by atoms with Gasteiger partial charge in [0.1, 0.15) is 31.3 Å². The van der Waals surface area contributed by atoms with E-state index in [0.29, 0.717) is 13.0 Å². The summed E-state index contributed by atoms with van der Waals surface area (Å²) < 4.78 is 9.82. The minimum Gasteiger partial charge on any atom is -0.481 e. The van der Waals surface area contributed by atoms with E-state index in [-0.39, 0.29) is 95.9 Å². The monoisotopic (exact) mass is 1170 g/mol. The fourth-order valence-corrected chi connectivity index (χ4v) is 10.1. The molecule has 25 heteroatoms. The molecule has 2 aliphatic rings. The maximum absolute atomic E-state index is 13.6. The molecule has 6 rings (SSSR count). The van der Waals surface area contributed by atoms with Gasteiger partial charge in [-0.3, -0.25) is 33.6 Å². The number of aliphatic carboxylic acids is 3. The number of aromatic nitrogens is 2. The van der Waals surface area contributed by atoms with E-state index in [4.69, 9.17) is 25.8 Å². The number of β-amino-alcohol motifs (C(OH)–C–C–N with tert-alkyl or cyclic N) is 2. The van der Waals surface area contributed by atoms with Crippen molar-refractivity contribution >= 4 is 70.1 Å². The largest absolute Gasteiger partial charge is 0.481 e. The molecule has 81 heavy (non-hydrogen) atoms. The number of rotatable bonds is 23. The molecule has 0 saturated carbocycles. The number of hydrogen-bond donors (Lipinski definition) is 9. The minimum absolute atomic E-state index is 0.0135. The van der Waals surface area contributed by atoms with Gasteiger partial charge in [-0.1, -0.05) is 90.1 Å². The molecule has 2 aliphatic heterocycles. The first-order valence-electron chi connectivity index (χ1n) is 26.4. The molecule has 444 valence electrons. The van der Waals surface area contributed by atoms with Crippen LogP contribution >= 0.6 is 22.7 Å². The van der Waals surface area contributed by atoms with E-state index < -0.39 is 76.9 Å². The van der Waals surface area contributed by atoms with Gasteiger partial charge in [0.25, 0.3) is 0 Å². The van der Waals surface area contributed by atoms with Crippen molar-refractivity contribution in [2.75, 3.05) is 39.5 Å². The van der Waals surface area contributed by atoms with Crippen molar-refractivity contribution in [3.63, 3.8) is 0 Å². The number of carbonyl (C=O) groups is 8. The third-order valence-corrected chi connectivity index (χ3v) is 15.0. The lowest BCUT2D eigenvalue weighted by Gasteiger charge is -2.35. The summed E-state index contributed by atoms with van der Waals surface area (Å²) in [5, 5.41) is 53.8. The first-order valence-corrected chi connectivity index (χ1v) is 28.2. The van der Waals surface area contributed by atoms with Crippen molar-refractivity contribution in [2.24, 2.45) is 16.6 Å². The smallest absolute Gasteiger partial charge is 0.329 e. The van der Waals surface area contributed by atoms with Crippen molar-refractivity contribution in [3.05, 3.63) is 82.1 Å². The Balaban J connectivity index is 0.000000302. The second kappa shape index (κ2) is 31.5. The van der Waals surface area contributed by atoms with Gasteiger partial charge >= 0.3 is 17.9 Å². The van der Waals surface area contributed by atoms with Gasteiger partial charge in [-0.05, 0) is 59.8 Å². The molecule has 4 aromatic rings. The number of aliphatic hydroxyl groups excluding tert-OH is 2. The molecule has 0 spiro atoms. The Morgan fingerprint density at radius 3 is 1.40 bits per heavy atom. The van der Waals surface area contributed by atoms with Gasteiger partial charge in [0, 0.05) is 65.1 Å². The summed E-state index contributed by atoms with van der Waals surface area (Å²) in [6, 6.07) is 12.5. The maximum Gasteiger partial charge on any atom is 0.329 e. The van der Waals surface area contributed by atoms with Gasteiger partial charge in [-0.2, -0.15) is 0 Å². The van der Waals surface area contributed by atoms with Crippen LogP contribution in [0, 0.1) is 24.7 Å². The standard InChI is InChI=1S/C28H38N4O7S.C22H30N4O3S.C6H10O5/c1-17-24(40-16-30-17)19-9-7-18(8-10-19)13-29-26(37)21-12-20(33)14-32(21)27(38)25(28(2,3)4)31-22(34)15-39-11-5-6-23(35)36;1-13-18(30-12-25-13)15-7-5-14(6-8-15)10-24-20(28)17-9-16(27)11-26(17)21(29)19(23)22(2,3)4;7-5(8)2-1-3-11-4-6(9)10/h7-10,16,20-21,25,33H,5-6,11-15H2,1-4H3,(H,29,37)(H,31,34)(H,35,36);5-8,12,16-17,19,27H,9-11,23H2,1-4H3,(H,24,28);1-4H2,(H,7,8)(H,9,10)/t20-,21+,25-;16-,17+,19-;/m11./s1. The van der Waals surface area contributed by atoms with Crippen molar-refractivity contribution in [2.45, 2.75) is 143 Å². The zero-order valence-corrected chi connectivity index (χ0v) is 48.8. The van der Waals surface area contributed by atoms with Crippen molar-refractivity contribution in [3.8, 4) is 20.9 Å². The van der Waals surface area contributed by atoms with Crippen LogP contribution in [0.15, 0.2) is 59.6 Å². The third-order valence-electron chi connectivity index (χ3n) is 13.0. The number of thiazole rings is 2. The molecule has 0 radical (unpaired) electrons. The number of amides is 5. The van der Waals surface area contributed by atoms with Gasteiger partial charge in [0.15, 0.2) is 0 Å². The second-order valence-corrected chi connectivity index (χ2v) is 23.6. The van der Waals surface area contributed by atoms with E-state index in [2.05, 4.69) is 30.7 Å². The Labute approximate surface area is 479 Å². The van der Waals surface area contributed by atoms with E-state index in [9.17, 15) is 48.6 Å². The second-order valence-electron chi connectivity index (χ2n) is 21.9. The first-order chi connectivity index (χ1) is 38.1. The van der Waals surface area contributed by atoms with Crippen molar-refractivity contribution in [1.29, 1.82) is 0 Å². The molecule has 0 aliphatic carbocycles. The highest BCUT2D eigenvalue weighted by molar-refractivity contribution is 7.13. The molecule has 2 aromatic carbocycles. The van der Waals surface area contributed by atoms with E-state index in [1.807, 2.05) is 88.7 Å². The summed E-state index contributed by atoms with van der Waals surface area (Å²) in [7, 11) is 0. The average molecular weight is 1170 g/mol. The first kappa shape index (κ1) is 66.8. The lowest BCUT2D eigenvalue weighted by Crippen LogP contribution is -2.58. The number of carboxylic acid groups (broad SMARTS) is 3. The van der Waals surface area contributed by atoms with Gasteiger partial charge in [-0.25, -0.2) is 14.8 Å². The summed E-state index contributed by atoms with van der Waals surface area (Å²) >= 11 is 3.16. The predicted octanol–water partition coefficient (Wildman–Crippen LogP) is 4.13. The molecular formula is C56H78N8O15S2. The summed E-state index contributed by atoms with van der Waals surface area (Å²) in [4.78, 5) is 109. The SMILES string of the molecule is Cc1ncsc1-c1ccc(CNC(=O)[C@@H]2C[C@@H](O)CN2C(=O)[C@@H](N)C(C)(C)C)cc1.Cc1ncsc1-c1ccc(CNC(=O)[C@@H]2C[C@@H](O)CN2C(=O)[C@@H](NC(=O)COCCCC(=O)O)C(C)(C)C)cc1.O=C(O)CCCOCC(=O)O. The number of benzene rings is 2. The van der Waals surface area contributed by atoms with Crippen LogP contribution in [0.1, 0.15) is 103 Å². The van der Waals surface area contributed by atoms with Crippen molar-refractivity contribution < 1.29 is 73.4 Å². The highest BCUT2D eigenvalue weighted by atomic mass is 32.1. The molecule has 4 heterocycles. The van der Waals surface area contributed by atoms with Crippen LogP contribution in [0.3, 0.4) is 0 Å². The lowest BCUT2D eigenvalue weighted by atomic mass is 9.85. The molecular weight excluding hydrogens is 1090 g/mol. The average Bonchev–Trinajstić information content (AvgIpc) is 4.35. The number of ether oxygens (including phenoxy) is 2. The Morgan fingerprint density at radius 2 is 1.04 bits per heavy atom. The number of carbonyl (C=O) groups excluding carboxylic acids is 5. The zero-order valence-electron chi connectivity index (χ0n) is 47.1. The zero-order chi connectivity index (χ0) is 60.2. The van der Waals surface area contributed by atoms with Gasteiger partial charge < -0.3 is 66.5 Å². The Hall–Kier alpha value is -6.74. The van der Waals surface area contributed by atoms with Gasteiger partial charge in [-0.15, -0.1) is 22.7 Å². The normalized spacial score (nSPS) is 17.6. The Kier molecular flexibility index (Phi) is 25.9. The van der Waals surface area contributed by atoms with Gasteiger partial charge in [0.2, 0.25) is 29.5 Å². The minimum atomic E-state index is -1.04. The highest BCUT2D eigenvalue weighted by Crippen LogP contribution is 2.30. The van der Waals surface area contributed by atoms with E-state index in [1.54, 1.807) is 49.0 Å². The summed E-state index contributed by atoms with van der Waals surface area (Å²) in [5.41, 5.74) is 14.6. The van der Waals surface area contributed by atoms with Crippen LogP contribution in [-0.2, 0) is 60.9 Å². The van der Waals surface area contributed by atoms with E-state index in [1.165, 1.54) is 9.80 Å². The lowest BCUT2D eigenvalue weighted by molar-refractivity contribution is -0.144. The van der Waals surface area contributed by atoms with Crippen LogP contribution in [0.25, 0.3) is 20.9 Å². The van der Waals surface area contributed by atoms with Crippen LogP contribution in [0.4, 0.5) is 0 Å².